The zero-order chi connectivity index (χ0) is 21.1. The van der Waals surface area contributed by atoms with Crippen LogP contribution < -0.4 is 10.1 Å². The largest absolute Gasteiger partial charge is 0.481 e. The first kappa shape index (κ1) is 19.6. The number of ether oxygens (including phenoxy) is 1. The Morgan fingerprint density at radius 2 is 1.73 bits per heavy atom. The zero-order valence-corrected chi connectivity index (χ0v) is 15.9. The number of hydrogen-bond acceptors (Lipinski definition) is 5. The van der Waals surface area contributed by atoms with E-state index in [1.807, 2.05) is 30.3 Å². The summed E-state index contributed by atoms with van der Waals surface area (Å²) in [6.07, 6.45) is -2.19. The van der Waals surface area contributed by atoms with E-state index in [4.69, 9.17) is 4.74 Å². The minimum atomic E-state index is -4.41. The van der Waals surface area contributed by atoms with Crippen LogP contribution in [-0.2, 0) is 12.6 Å². The van der Waals surface area contributed by atoms with E-state index in [1.54, 1.807) is 25.4 Å². The normalized spacial score (nSPS) is 11.5. The first-order valence-corrected chi connectivity index (χ1v) is 9.11. The van der Waals surface area contributed by atoms with Crippen LogP contribution in [0.3, 0.4) is 0 Å². The lowest BCUT2D eigenvalue weighted by Crippen LogP contribution is -2.06. The quantitative estimate of drug-likeness (QED) is 0.478. The second-order valence-corrected chi connectivity index (χ2v) is 6.63. The Hall–Kier alpha value is -3.68. The van der Waals surface area contributed by atoms with Crippen LogP contribution in [0, 0.1) is 0 Å². The summed E-state index contributed by atoms with van der Waals surface area (Å²) < 4.78 is 44.1. The van der Waals surface area contributed by atoms with Gasteiger partial charge in [-0.1, -0.05) is 36.4 Å². The summed E-state index contributed by atoms with van der Waals surface area (Å²) in [5.41, 5.74) is 1.24. The highest BCUT2D eigenvalue weighted by Crippen LogP contribution is 2.32. The molecule has 30 heavy (non-hydrogen) atoms. The molecule has 0 aliphatic rings. The molecule has 152 valence electrons. The standard InChI is InChI=1S/C22H17F3N4O/c1-30-20-10-9-14(13-26-20)11-19-17-7-2-3-8-18(17)21(29-28-19)27-16-6-4-5-15(12-16)22(23,24)25/h2-10,12-13H,11H2,1H3,(H,27,29). The highest BCUT2D eigenvalue weighted by molar-refractivity contribution is 5.94. The fourth-order valence-corrected chi connectivity index (χ4v) is 3.12. The Kier molecular flexibility index (Phi) is 5.22. The number of pyridine rings is 1. The van der Waals surface area contributed by atoms with Crippen LogP contribution >= 0.6 is 0 Å². The molecule has 0 amide bonds. The number of nitrogens with one attached hydrogen (secondary N) is 1. The van der Waals surface area contributed by atoms with Crippen molar-refractivity contribution in [3.05, 3.63) is 83.7 Å². The Balaban J connectivity index is 1.67. The first-order valence-electron chi connectivity index (χ1n) is 9.11. The van der Waals surface area contributed by atoms with E-state index in [-0.39, 0.29) is 5.69 Å². The monoisotopic (exact) mass is 410 g/mol. The van der Waals surface area contributed by atoms with Gasteiger partial charge in [0.05, 0.1) is 18.4 Å². The Bertz CT molecular complexity index is 1180. The van der Waals surface area contributed by atoms with Gasteiger partial charge in [-0.2, -0.15) is 18.3 Å². The molecule has 5 nitrogen and oxygen atoms in total. The highest BCUT2D eigenvalue weighted by atomic mass is 19.4. The van der Waals surface area contributed by atoms with Gasteiger partial charge in [-0.05, 0) is 23.8 Å². The summed E-state index contributed by atoms with van der Waals surface area (Å²) in [6, 6.07) is 16.2. The molecule has 2 aromatic heterocycles. The third-order valence-corrected chi connectivity index (χ3v) is 4.59. The molecule has 8 heteroatoms. The molecular weight excluding hydrogens is 393 g/mol. The Labute approximate surface area is 170 Å². The van der Waals surface area contributed by atoms with Gasteiger partial charge in [0.15, 0.2) is 5.82 Å². The molecule has 4 rings (SSSR count). The molecular formula is C22H17F3N4O. The number of fused-ring (bicyclic) bond motifs is 1. The van der Waals surface area contributed by atoms with E-state index in [0.717, 1.165) is 34.2 Å². The second kappa shape index (κ2) is 7.98. The lowest BCUT2D eigenvalue weighted by atomic mass is 10.1. The molecule has 0 fully saturated rings. The molecule has 0 saturated carbocycles. The SMILES string of the molecule is COc1ccc(Cc2nnc(Nc3cccc(C(F)(F)F)c3)c3ccccc23)cn1. The third kappa shape index (κ3) is 4.17. The molecule has 1 N–H and O–H groups in total. The molecule has 0 atom stereocenters. The fourth-order valence-electron chi connectivity index (χ4n) is 3.12. The molecule has 2 aromatic carbocycles. The van der Waals surface area contributed by atoms with Crippen molar-refractivity contribution in [2.24, 2.45) is 0 Å². The molecule has 0 saturated heterocycles. The van der Waals surface area contributed by atoms with E-state index in [9.17, 15) is 13.2 Å². The van der Waals surface area contributed by atoms with Gasteiger partial charge >= 0.3 is 6.18 Å². The first-order chi connectivity index (χ1) is 14.4. The minimum Gasteiger partial charge on any atom is -0.481 e. The van der Waals surface area contributed by atoms with Crippen molar-refractivity contribution in [2.75, 3.05) is 12.4 Å². The number of halogens is 3. The average Bonchev–Trinajstić information content (AvgIpc) is 2.75. The summed E-state index contributed by atoms with van der Waals surface area (Å²) in [6.45, 7) is 0. The lowest BCUT2D eigenvalue weighted by Gasteiger charge is -2.13. The van der Waals surface area contributed by atoms with Gasteiger partial charge in [0.25, 0.3) is 0 Å². The third-order valence-electron chi connectivity index (χ3n) is 4.59. The fraction of sp³-hybridized carbons (Fsp3) is 0.136. The maximum Gasteiger partial charge on any atom is 0.416 e. The van der Waals surface area contributed by atoms with Crippen molar-refractivity contribution in [2.45, 2.75) is 12.6 Å². The van der Waals surface area contributed by atoms with Crippen molar-refractivity contribution < 1.29 is 17.9 Å². The Morgan fingerprint density at radius 3 is 2.43 bits per heavy atom. The van der Waals surface area contributed by atoms with Crippen LogP contribution in [0.15, 0.2) is 66.9 Å². The number of hydrogen-bond donors (Lipinski definition) is 1. The average molecular weight is 410 g/mol. The zero-order valence-electron chi connectivity index (χ0n) is 15.9. The van der Waals surface area contributed by atoms with Gasteiger partial charge in [0, 0.05) is 35.1 Å². The van der Waals surface area contributed by atoms with Crippen molar-refractivity contribution in [3.8, 4) is 5.88 Å². The predicted octanol–water partition coefficient (Wildman–Crippen LogP) is 5.39. The highest BCUT2D eigenvalue weighted by Gasteiger charge is 2.30. The number of nitrogens with zero attached hydrogens (tertiary/aromatic N) is 3. The summed E-state index contributed by atoms with van der Waals surface area (Å²) in [4.78, 5) is 4.20. The number of alkyl halides is 3. The van der Waals surface area contributed by atoms with Gasteiger partial charge < -0.3 is 10.1 Å². The second-order valence-electron chi connectivity index (χ2n) is 6.63. The van der Waals surface area contributed by atoms with Crippen LogP contribution in [0.2, 0.25) is 0 Å². The minimum absolute atomic E-state index is 0.288. The molecule has 0 bridgehead atoms. The van der Waals surface area contributed by atoms with Crippen molar-refractivity contribution in [3.63, 3.8) is 0 Å². The lowest BCUT2D eigenvalue weighted by molar-refractivity contribution is -0.137. The number of rotatable bonds is 5. The summed E-state index contributed by atoms with van der Waals surface area (Å²) in [5, 5.41) is 13.1. The number of methoxy groups -OCH3 is 1. The van der Waals surface area contributed by atoms with E-state index in [2.05, 4.69) is 20.5 Å². The van der Waals surface area contributed by atoms with Crippen molar-refractivity contribution in [1.29, 1.82) is 0 Å². The smallest absolute Gasteiger partial charge is 0.416 e. The molecule has 0 aliphatic heterocycles. The number of aromatic nitrogens is 3. The van der Waals surface area contributed by atoms with E-state index in [1.165, 1.54) is 6.07 Å². The molecule has 0 radical (unpaired) electrons. The predicted molar refractivity (Wildman–Crippen MR) is 108 cm³/mol. The van der Waals surface area contributed by atoms with E-state index < -0.39 is 11.7 Å². The molecule has 0 unspecified atom stereocenters. The maximum absolute atomic E-state index is 13.0. The van der Waals surface area contributed by atoms with E-state index >= 15 is 0 Å². The van der Waals surface area contributed by atoms with Gasteiger partial charge in [-0.25, -0.2) is 4.98 Å². The number of benzene rings is 2. The van der Waals surface area contributed by atoms with Gasteiger partial charge in [0.1, 0.15) is 0 Å². The Morgan fingerprint density at radius 1 is 0.933 bits per heavy atom. The summed E-state index contributed by atoms with van der Waals surface area (Å²) in [5.74, 6) is 0.914. The van der Waals surface area contributed by atoms with Crippen LogP contribution in [0.1, 0.15) is 16.8 Å². The molecule has 0 spiro atoms. The van der Waals surface area contributed by atoms with Crippen LogP contribution in [0.5, 0.6) is 5.88 Å². The van der Waals surface area contributed by atoms with Crippen LogP contribution in [0.4, 0.5) is 24.7 Å². The van der Waals surface area contributed by atoms with Crippen LogP contribution in [-0.4, -0.2) is 22.3 Å². The van der Waals surface area contributed by atoms with Gasteiger partial charge in [0.2, 0.25) is 5.88 Å². The van der Waals surface area contributed by atoms with Gasteiger partial charge in [-0.15, -0.1) is 5.10 Å². The van der Waals surface area contributed by atoms with Gasteiger partial charge in [-0.3, -0.25) is 0 Å². The molecule has 2 heterocycles. The van der Waals surface area contributed by atoms with Crippen LogP contribution in [0.25, 0.3) is 10.8 Å². The maximum atomic E-state index is 13.0. The van der Waals surface area contributed by atoms with Crippen molar-refractivity contribution >= 4 is 22.3 Å². The number of anilines is 2. The molecule has 0 aliphatic carbocycles. The summed E-state index contributed by atoms with van der Waals surface area (Å²) in [7, 11) is 1.55. The summed E-state index contributed by atoms with van der Waals surface area (Å²) >= 11 is 0. The topological polar surface area (TPSA) is 59.9 Å². The molecule has 4 aromatic rings. The van der Waals surface area contributed by atoms with E-state index in [0.29, 0.717) is 18.1 Å². The van der Waals surface area contributed by atoms with Crippen molar-refractivity contribution in [1.82, 2.24) is 15.2 Å².